The van der Waals surface area contributed by atoms with E-state index in [-0.39, 0.29) is 12.0 Å². The minimum absolute atomic E-state index is 0.0715. The summed E-state index contributed by atoms with van der Waals surface area (Å²) in [6, 6.07) is 20.5. The van der Waals surface area contributed by atoms with Crippen LogP contribution in [0, 0.1) is 5.92 Å². The van der Waals surface area contributed by atoms with Crippen molar-refractivity contribution >= 4 is 0 Å². The normalized spacial score (nSPS) is 24.6. The van der Waals surface area contributed by atoms with Crippen LogP contribution >= 0.6 is 0 Å². The molecule has 0 amide bonds. The molecule has 0 spiro atoms. The standard InChI is InChI=1S/C18H20O2/c19-14-18(16-9-5-2-6-10-16)11-17(18)13-20-12-15-7-3-1-4-8-15/h1-10,17,19H,11-14H2. The lowest BCUT2D eigenvalue weighted by atomic mass is 9.94. The van der Waals surface area contributed by atoms with E-state index in [2.05, 4.69) is 24.3 Å². The first-order valence-electron chi connectivity index (χ1n) is 7.13. The summed E-state index contributed by atoms with van der Waals surface area (Å²) in [6.45, 7) is 1.56. The first-order valence-corrected chi connectivity index (χ1v) is 7.13. The van der Waals surface area contributed by atoms with E-state index in [1.54, 1.807) is 0 Å². The topological polar surface area (TPSA) is 29.5 Å². The third-order valence-corrected chi connectivity index (χ3v) is 4.29. The second-order valence-corrected chi connectivity index (χ2v) is 5.58. The number of hydrogen-bond acceptors (Lipinski definition) is 2. The molecule has 0 heterocycles. The van der Waals surface area contributed by atoms with Crippen LogP contribution in [0.25, 0.3) is 0 Å². The highest BCUT2D eigenvalue weighted by Crippen LogP contribution is 2.54. The smallest absolute Gasteiger partial charge is 0.0717 e. The van der Waals surface area contributed by atoms with E-state index in [9.17, 15) is 5.11 Å². The summed E-state index contributed by atoms with van der Waals surface area (Å²) in [7, 11) is 0. The van der Waals surface area contributed by atoms with E-state index in [0.29, 0.717) is 19.1 Å². The van der Waals surface area contributed by atoms with Crippen LogP contribution in [-0.4, -0.2) is 18.3 Å². The highest BCUT2D eigenvalue weighted by atomic mass is 16.5. The zero-order valence-electron chi connectivity index (χ0n) is 11.5. The Morgan fingerprint density at radius 2 is 1.65 bits per heavy atom. The Bertz CT molecular complexity index is 538. The number of aliphatic hydroxyl groups excluding tert-OH is 1. The van der Waals surface area contributed by atoms with Crippen molar-refractivity contribution in [3.05, 3.63) is 71.8 Å². The summed E-state index contributed by atoms with van der Waals surface area (Å²) in [5.41, 5.74) is 2.36. The number of ether oxygens (including phenoxy) is 1. The van der Waals surface area contributed by atoms with E-state index in [1.807, 2.05) is 36.4 Å². The molecule has 1 aliphatic carbocycles. The molecule has 0 bridgehead atoms. The third-order valence-electron chi connectivity index (χ3n) is 4.29. The van der Waals surface area contributed by atoms with Gasteiger partial charge in [0, 0.05) is 5.41 Å². The van der Waals surface area contributed by atoms with Gasteiger partial charge in [-0.15, -0.1) is 0 Å². The van der Waals surface area contributed by atoms with Gasteiger partial charge in [-0.2, -0.15) is 0 Å². The molecule has 2 heteroatoms. The van der Waals surface area contributed by atoms with E-state index in [0.717, 1.165) is 6.42 Å². The fourth-order valence-electron chi connectivity index (χ4n) is 2.90. The molecule has 20 heavy (non-hydrogen) atoms. The molecule has 2 aromatic carbocycles. The molecule has 0 aliphatic heterocycles. The molecule has 1 N–H and O–H groups in total. The Morgan fingerprint density at radius 1 is 1.00 bits per heavy atom. The molecule has 1 saturated carbocycles. The minimum Gasteiger partial charge on any atom is -0.395 e. The lowest BCUT2D eigenvalue weighted by Gasteiger charge is -2.15. The molecule has 3 rings (SSSR count). The SMILES string of the molecule is OCC1(c2ccccc2)CC1COCc1ccccc1. The van der Waals surface area contributed by atoms with E-state index in [1.165, 1.54) is 11.1 Å². The Balaban J connectivity index is 1.55. The van der Waals surface area contributed by atoms with Gasteiger partial charge in [-0.25, -0.2) is 0 Å². The Kier molecular flexibility index (Phi) is 3.86. The van der Waals surface area contributed by atoms with Gasteiger partial charge in [-0.1, -0.05) is 60.7 Å². The Morgan fingerprint density at radius 3 is 2.30 bits per heavy atom. The molecule has 0 saturated heterocycles. The van der Waals surface area contributed by atoms with Gasteiger partial charge in [0.05, 0.1) is 19.8 Å². The predicted molar refractivity (Wildman–Crippen MR) is 79.4 cm³/mol. The van der Waals surface area contributed by atoms with E-state index >= 15 is 0 Å². The molecule has 0 aromatic heterocycles. The van der Waals surface area contributed by atoms with Crippen LogP contribution in [0.15, 0.2) is 60.7 Å². The van der Waals surface area contributed by atoms with Gasteiger partial charge in [0.25, 0.3) is 0 Å². The van der Waals surface area contributed by atoms with Crippen LogP contribution in [0.3, 0.4) is 0 Å². The molecule has 2 nitrogen and oxygen atoms in total. The van der Waals surface area contributed by atoms with Crippen molar-refractivity contribution in [2.75, 3.05) is 13.2 Å². The summed E-state index contributed by atoms with van der Waals surface area (Å²) in [5.74, 6) is 0.429. The monoisotopic (exact) mass is 268 g/mol. The fraction of sp³-hybridized carbons (Fsp3) is 0.333. The van der Waals surface area contributed by atoms with Crippen LogP contribution in [-0.2, 0) is 16.8 Å². The van der Waals surface area contributed by atoms with Gasteiger partial charge in [-0.05, 0) is 23.5 Å². The second-order valence-electron chi connectivity index (χ2n) is 5.58. The highest BCUT2D eigenvalue weighted by molar-refractivity contribution is 5.33. The van der Waals surface area contributed by atoms with E-state index < -0.39 is 0 Å². The molecular formula is C18H20O2. The zero-order valence-corrected chi connectivity index (χ0v) is 11.5. The number of rotatable bonds is 6. The molecule has 2 aromatic rings. The number of benzene rings is 2. The van der Waals surface area contributed by atoms with Crippen LogP contribution in [0.1, 0.15) is 17.5 Å². The lowest BCUT2D eigenvalue weighted by molar-refractivity contribution is 0.100. The maximum absolute atomic E-state index is 9.74. The van der Waals surface area contributed by atoms with Crippen LogP contribution in [0.5, 0.6) is 0 Å². The van der Waals surface area contributed by atoms with Gasteiger partial charge in [0.1, 0.15) is 0 Å². The van der Waals surface area contributed by atoms with Crippen LogP contribution < -0.4 is 0 Å². The third kappa shape index (κ3) is 2.62. The lowest BCUT2D eigenvalue weighted by Crippen LogP contribution is -2.17. The summed E-state index contributed by atoms with van der Waals surface area (Å²) < 4.78 is 5.81. The number of hydrogen-bond donors (Lipinski definition) is 1. The fourth-order valence-corrected chi connectivity index (χ4v) is 2.90. The van der Waals surface area contributed by atoms with Gasteiger partial charge in [-0.3, -0.25) is 0 Å². The largest absolute Gasteiger partial charge is 0.395 e. The van der Waals surface area contributed by atoms with Gasteiger partial charge in [0.15, 0.2) is 0 Å². The van der Waals surface area contributed by atoms with Crippen molar-refractivity contribution < 1.29 is 9.84 Å². The molecule has 0 radical (unpaired) electrons. The first kappa shape index (κ1) is 13.3. The highest BCUT2D eigenvalue weighted by Gasteiger charge is 2.54. The second kappa shape index (κ2) is 5.78. The molecule has 1 fully saturated rings. The summed E-state index contributed by atoms with van der Waals surface area (Å²) in [5, 5.41) is 9.74. The quantitative estimate of drug-likeness (QED) is 0.872. The van der Waals surface area contributed by atoms with Crippen LogP contribution in [0.2, 0.25) is 0 Å². The van der Waals surface area contributed by atoms with Gasteiger partial charge >= 0.3 is 0 Å². The van der Waals surface area contributed by atoms with Crippen molar-refractivity contribution in [3.8, 4) is 0 Å². The molecular weight excluding hydrogens is 248 g/mol. The molecule has 1 aliphatic rings. The van der Waals surface area contributed by atoms with Gasteiger partial charge in [0.2, 0.25) is 0 Å². The van der Waals surface area contributed by atoms with Crippen molar-refractivity contribution in [2.45, 2.75) is 18.4 Å². The summed E-state index contributed by atoms with van der Waals surface area (Å²) in [4.78, 5) is 0. The van der Waals surface area contributed by atoms with Crippen molar-refractivity contribution in [3.63, 3.8) is 0 Å². The maximum Gasteiger partial charge on any atom is 0.0717 e. The van der Waals surface area contributed by atoms with Crippen LogP contribution in [0.4, 0.5) is 0 Å². The average molecular weight is 268 g/mol. The number of aliphatic hydroxyl groups is 1. The van der Waals surface area contributed by atoms with Crippen molar-refractivity contribution in [1.29, 1.82) is 0 Å². The predicted octanol–water partition coefficient (Wildman–Crippen LogP) is 3.15. The Hall–Kier alpha value is -1.64. The first-order chi connectivity index (χ1) is 9.85. The molecule has 104 valence electrons. The minimum atomic E-state index is -0.0715. The molecule has 2 unspecified atom stereocenters. The summed E-state index contributed by atoms with van der Waals surface area (Å²) in [6.07, 6.45) is 1.02. The summed E-state index contributed by atoms with van der Waals surface area (Å²) >= 11 is 0. The van der Waals surface area contributed by atoms with Crippen molar-refractivity contribution in [2.24, 2.45) is 5.92 Å². The van der Waals surface area contributed by atoms with Crippen molar-refractivity contribution in [1.82, 2.24) is 0 Å². The average Bonchev–Trinajstić information content (AvgIpc) is 3.24. The zero-order chi connectivity index (χ0) is 13.8. The molecule has 2 atom stereocenters. The van der Waals surface area contributed by atoms with E-state index in [4.69, 9.17) is 4.74 Å². The van der Waals surface area contributed by atoms with Gasteiger partial charge < -0.3 is 9.84 Å². The Labute approximate surface area is 120 Å². The maximum atomic E-state index is 9.74.